The second-order valence-corrected chi connectivity index (χ2v) is 13.0. The zero-order valence-electron chi connectivity index (χ0n) is 25.3. The van der Waals surface area contributed by atoms with Crippen LogP contribution in [0.4, 0.5) is 14.6 Å². The molecular weight excluding hydrogens is 598 g/mol. The number of carbonyl (C=O) groups is 1. The molecule has 2 aromatic heterocycles. The van der Waals surface area contributed by atoms with E-state index in [0.29, 0.717) is 53.2 Å². The summed E-state index contributed by atoms with van der Waals surface area (Å²) >= 11 is 6.60. The highest BCUT2D eigenvalue weighted by molar-refractivity contribution is 6.36. The molecule has 3 fully saturated rings. The molecule has 0 bridgehead atoms. The van der Waals surface area contributed by atoms with Gasteiger partial charge in [0.1, 0.15) is 29.8 Å². The number of pyridine rings is 1. The number of benzene rings is 2. The Morgan fingerprint density at radius 1 is 1.22 bits per heavy atom. The minimum absolute atomic E-state index is 0.0181. The van der Waals surface area contributed by atoms with Gasteiger partial charge in [0.05, 0.1) is 17.0 Å². The van der Waals surface area contributed by atoms with E-state index < -0.39 is 17.5 Å². The summed E-state index contributed by atoms with van der Waals surface area (Å²) in [4.78, 5) is 32.3. The lowest BCUT2D eigenvalue weighted by molar-refractivity contribution is -0.125. The summed E-state index contributed by atoms with van der Waals surface area (Å²) in [6.07, 6.45) is 4.19. The van der Waals surface area contributed by atoms with Crippen molar-refractivity contribution in [1.82, 2.24) is 24.8 Å². The van der Waals surface area contributed by atoms with Crippen LogP contribution in [0.25, 0.3) is 32.9 Å². The van der Waals surface area contributed by atoms with E-state index >= 15 is 4.39 Å². The van der Waals surface area contributed by atoms with Crippen molar-refractivity contribution in [3.8, 4) is 17.3 Å². The Bertz CT molecular complexity index is 1820. The number of halogens is 3. The van der Waals surface area contributed by atoms with Crippen molar-refractivity contribution in [1.29, 1.82) is 0 Å². The fraction of sp³-hybridized carbons (Fsp3) is 0.412. The summed E-state index contributed by atoms with van der Waals surface area (Å²) in [5.74, 6) is -0.197. The van der Waals surface area contributed by atoms with E-state index in [9.17, 15) is 9.18 Å². The van der Waals surface area contributed by atoms with Crippen LogP contribution >= 0.6 is 11.6 Å². The number of aromatic nitrogens is 3. The van der Waals surface area contributed by atoms with Crippen molar-refractivity contribution in [2.45, 2.75) is 43.9 Å². The molecule has 0 N–H and O–H groups in total. The molecule has 0 saturated carbocycles. The molecule has 234 valence electrons. The van der Waals surface area contributed by atoms with Gasteiger partial charge in [-0.2, -0.15) is 9.97 Å². The van der Waals surface area contributed by atoms with Gasteiger partial charge in [-0.15, -0.1) is 0 Å². The molecule has 45 heavy (non-hydrogen) atoms. The molecular formula is C34H35ClF2N6O2. The Hall–Kier alpha value is -3.89. The lowest BCUT2D eigenvalue weighted by Crippen LogP contribution is -2.43. The third-order valence-electron chi connectivity index (χ3n) is 9.87. The van der Waals surface area contributed by atoms with Crippen LogP contribution in [0.15, 0.2) is 55.3 Å². The topological polar surface area (TPSA) is 74.7 Å². The number of hydrogen-bond acceptors (Lipinski definition) is 7. The highest BCUT2D eigenvalue weighted by atomic mass is 35.5. The van der Waals surface area contributed by atoms with Crippen LogP contribution in [0, 0.1) is 11.7 Å². The Labute approximate surface area is 265 Å². The number of likely N-dealkylation sites (N-methyl/N-ethyl adjacent to an activating group) is 1. The highest BCUT2D eigenvalue weighted by Crippen LogP contribution is 2.41. The van der Waals surface area contributed by atoms with E-state index in [1.54, 1.807) is 23.2 Å². The molecule has 0 aliphatic carbocycles. The van der Waals surface area contributed by atoms with E-state index in [2.05, 4.69) is 28.4 Å². The average molecular weight is 633 g/mol. The molecule has 8 nitrogen and oxygen atoms in total. The number of amides is 1. The number of carbonyl (C=O) groups excluding carboxylic acids is 1. The summed E-state index contributed by atoms with van der Waals surface area (Å²) in [7, 11) is 1.88. The van der Waals surface area contributed by atoms with Crippen molar-refractivity contribution < 1.29 is 18.3 Å². The zero-order valence-corrected chi connectivity index (χ0v) is 26.1. The molecule has 0 spiro atoms. The van der Waals surface area contributed by atoms with Crippen LogP contribution in [0.3, 0.4) is 0 Å². The monoisotopic (exact) mass is 632 g/mol. The first kappa shape index (κ1) is 29.8. The largest absolute Gasteiger partial charge is 0.461 e. The predicted molar refractivity (Wildman–Crippen MR) is 172 cm³/mol. The van der Waals surface area contributed by atoms with Gasteiger partial charge in [-0.1, -0.05) is 55.4 Å². The van der Waals surface area contributed by atoms with Gasteiger partial charge in [0.2, 0.25) is 5.91 Å². The van der Waals surface area contributed by atoms with Crippen molar-refractivity contribution >= 4 is 45.0 Å². The predicted octanol–water partition coefficient (Wildman–Crippen LogP) is 6.06. The lowest BCUT2D eigenvalue weighted by Gasteiger charge is -2.31. The summed E-state index contributed by atoms with van der Waals surface area (Å²) in [6, 6.07) is 11.0. The van der Waals surface area contributed by atoms with Gasteiger partial charge in [0.15, 0.2) is 5.82 Å². The Morgan fingerprint density at radius 3 is 2.82 bits per heavy atom. The van der Waals surface area contributed by atoms with E-state index in [4.69, 9.17) is 21.3 Å². The second kappa shape index (κ2) is 11.5. The van der Waals surface area contributed by atoms with Crippen molar-refractivity contribution in [2.75, 3.05) is 44.7 Å². The van der Waals surface area contributed by atoms with Crippen LogP contribution in [-0.2, 0) is 4.79 Å². The standard InChI is InChI=1S/C34H35ClF2N6O2/c1-4-27(44)42-16-20(2)26(18-42)41(3)32-24-15-38-30(23-10-5-8-21-9-6-11-25(35)28(21)23)29(37)31(24)39-33(40-32)45-19-34-12-7-13-43(34)17-22(36)14-34/h4-6,8-11,15,20,22,26H,1,7,12-14,16-19H2,2-3H3/t20-,22+,26-,34-/m0/s1. The maximum Gasteiger partial charge on any atom is 0.319 e. The molecule has 4 atom stereocenters. The first-order valence-electron chi connectivity index (χ1n) is 15.4. The zero-order chi connectivity index (χ0) is 31.5. The molecule has 2 aromatic carbocycles. The molecule has 5 heterocycles. The lowest BCUT2D eigenvalue weighted by atomic mass is 9.95. The van der Waals surface area contributed by atoms with Gasteiger partial charge in [-0.05, 0) is 42.8 Å². The molecule has 4 aromatic rings. The molecule has 1 amide bonds. The fourth-order valence-corrected chi connectivity index (χ4v) is 7.89. The SMILES string of the molecule is C=CC(=O)N1C[C@H](C)[C@@H](N(C)c2nc(OC[C@@]34CCCN3C[C@H](F)C4)nc3c(F)c(-c4cccc5cccc(Cl)c45)ncc23)C1. The van der Waals surface area contributed by atoms with E-state index in [-0.39, 0.29) is 41.7 Å². The third kappa shape index (κ3) is 5.08. The normalized spacial score (nSPS) is 24.8. The van der Waals surface area contributed by atoms with Crippen LogP contribution in [0.1, 0.15) is 26.2 Å². The first-order valence-corrected chi connectivity index (χ1v) is 15.8. The number of ether oxygens (including phenoxy) is 1. The number of hydrogen-bond donors (Lipinski definition) is 0. The van der Waals surface area contributed by atoms with Crippen LogP contribution in [0.2, 0.25) is 5.02 Å². The van der Waals surface area contributed by atoms with Gasteiger partial charge in [0, 0.05) is 55.3 Å². The van der Waals surface area contributed by atoms with Gasteiger partial charge in [-0.25, -0.2) is 8.78 Å². The van der Waals surface area contributed by atoms with E-state index in [0.717, 1.165) is 24.8 Å². The smallest absolute Gasteiger partial charge is 0.319 e. The average Bonchev–Trinajstić information content (AvgIpc) is 3.70. The van der Waals surface area contributed by atoms with Gasteiger partial charge in [0.25, 0.3) is 0 Å². The van der Waals surface area contributed by atoms with Crippen LogP contribution in [-0.4, -0.2) is 88.2 Å². The minimum Gasteiger partial charge on any atom is -0.461 e. The Kier molecular flexibility index (Phi) is 7.60. The number of anilines is 1. The molecule has 0 unspecified atom stereocenters. The van der Waals surface area contributed by atoms with Crippen LogP contribution in [0.5, 0.6) is 6.01 Å². The fourth-order valence-electron chi connectivity index (χ4n) is 7.60. The molecule has 3 saturated heterocycles. The summed E-state index contributed by atoms with van der Waals surface area (Å²) in [6.45, 7) is 8.16. The quantitative estimate of drug-likeness (QED) is 0.229. The number of alkyl halides is 1. The summed E-state index contributed by atoms with van der Waals surface area (Å²) in [5.41, 5.74) is 0.317. The number of likely N-dealkylation sites (tertiary alicyclic amines) is 1. The highest BCUT2D eigenvalue weighted by Gasteiger charge is 2.49. The van der Waals surface area contributed by atoms with Crippen molar-refractivity contribution in [2.24, 2.45) is 5.92 Å². The third-order valence-corrected chi connectivity index (χ3v) is 10.2. The molecule has 3 aliphatic rings. The minimum atomic E-state index is -0.906. The first-order chi connectivity index (χ1) is 21.7. The maximum atomic E-state index is 16.7. The Balaban J connectivity index is 1.33. The second-order valence-electron chi connectivity index (χ2n) is 12.6. The van der Waals surface area contributed by atoms with Crippen molar-refractivity contribution in [3.63, 3.8) is 0 Å². The maximum absolute atomic E-state index is 16.7. The Morgan fingerprint density at radius 2 is 2.02 bits per heavy atom. The molecule has 11 heteroatoms. The molecule has 3 aliphatic heterocycles. The van der Waals surface area contributed by atoms with Gasteiger partial charge >= 0.3 is 6.01 Å². The summed E-state index contributed by atoms with van der Waals surface area (Å²) < 4.78 is 37.5. The van der Waals surface area contributed by atoms with Crippen LogP contribution < -0.4 is 9.64 Å². The van der Waals surface area contributed by atoms with Gasteiger partial charge < -0.3 is 14.5 Å². The number of fused-ring (bicyclic) bond motifs is 3. The van der Waals surface area contributed by atoms with E-state index in [1.165, 1.54) is 6.08 Å². The summed E-state index contributed by atoms with van der Waals surface area (Å²) in [5, 5.41) is 2.48. The van der Waals surface area contributed by atoms with Crippen molar-refractivity contribution in [3.05, 3.63) is 66.1 Å². The van der Waals surface area contributed by atoms with E-state index in [1.807, 2.05) is 36.2 Å². The molecule has 7 rings (SSSR count). The molecule has 0 radical (unpaired) electrons. The van der Waals surface area contributed by atoms with Gasteiger partial charge in [-0.3, -0.25) is 14.7 Å². The number of nitrogens with zero attached hydrogens (tertiary/aromatic N) is 6. The number of rotatable bonds is 7.